The molecule has 0 saturated heterocycles. The molecule has 1 N–H and O–H groups in total. The zero-order valence-corrected chi connectivity index (χ0v) is 6.98. The van der Waals surface area contributed by atoms with Gasteiger partial charge in [0, 0.05) is 15.9 Å². The van der Waals surface area contributed by atoms with Crippen molar-refractivity contribution >= 4 is 0 Å². The van der Waals surface area contributed by atoms with E-state index in [0.717, 1.165) is 0 Å². The first-order valence-corrected chi connectivity index (χ1v) is 4.04. The third-order valence-electron chi connectivity index (χ3n) is 2.17. The lowest BCUT2D eigenvalue weighted by atomic mass is 9.90. The van der Waals surface area contributed by atoms with E-state index in [9.17, 15) is 5.11 Å². The molecule has 0 unspecified atom stereocenters. The monoisotopic (exact) mass is 182 g/mol. The van der Waals surface area contributed by atoms with E-state index in [-0.39, 0.29) is 6.04 Å². The second-order valence-corrected chi connectivity index (χ2v) is 3.01. The molecule has 7 heteroatoms. The van der Waals surface area contributed by atoms with Crippen molar-refractivity contribution in [3.8, 4) is 0 Å². The molecule has 7 nitrogen and oxygen atoms in total. The predicted molar refractivity (Wildman–Crippen MR) is 45.7 cm³/mol. The Hall–Kier alpha value is -1.42. The highest BCUT2D eigenvalue weighted by molar-refractivity contribution is 4.88. The Morgan fingerprint density at radius 1 is 1.15 bits per heavy atom. The minimum Gasteiger partial charge on any atom is -0.393 e. The van der Waals surface area contributed by atoms with Gasteiger partial charge in [-0.1, -0.05) is 10.2 Å². The summed E-state index contributed by atoms with van der Waals surface area (Å²) in [6.07, 6.45) is 1.02. The summed E-state index contributed by atoms with van der Waals surface area (Å²) in [6, 6.07) is -0.599. The molecule has 0 bridgehead atoms. The minimum atomic E-state index is -0.596. The van der Waals surface area contributed by atoms with Crippen LogP contribution in [0.4, 0.5) is 0 Å². The van der Waals surface area contributed by atoms with Crippen LogP contribution in [-0.4, -0.2) is 23.3 Å². The fourth-order valence-corrected chi connectivity index (χ4v) is 1.48. The average Bonchev–Trinajstić information content (AvgIpc) is 2.12. The zero-order valence-electron chi connectivity index (χ0n) is 6.98. The van der Waals surface area contributed by atoms with E-state index in [1.54, 1.807) is 0 Å². The molecule has 0 aliphatic heterocycles. The third-order valence-corrected chi connectivity index (χ3v) is 2.17. The van der Waals surface area contributed by atoms with Gasteiger partial charge in [0.15, 0.2) is 0 Å². The molecule has 0 spiro atoms. The molecule has 70 valence electrons. The molecule has 1 aliphatic rings. The number of aliphatic hydroxyl groups is 1. The quantitative estimate of drug-likeness (QED) is 0.391. The maximum atomic E-state index is 9.39. The van der Waals surface area contributed by atoms with E-state index >= 15 is 0 Å². The van der Waals surface area contributed by atoms with Crippen molar-refractivity contribution in [2.45, 2.75) is 37.5 Å². The van der Waals surface area contributed by atoms with Crippen LogP contribution in [0.5, 0.6) is 0 Å². The standard InChI is InChI=1S/C6H10N6O/c7-11-9-4-1-2-6(13)5(3-4)10-12-8/h4-6,13H,1-3H2/t4-,5-,6-/m0/s1. The van der Waals surface area contributed by atoms with Crippen molar-refractivity contribution < 1.29 is 5.11 Å². The molecule has 0 amide bonds. The van der Waals surface area contributed by atoms with E-state index < -0.39 is 12.1 Å². The van der Waals surface area contributed by atoms with Gasteiger partial charge in [0.05, 0.1) is 12.1 Å². The highest BCUT2D eigenvalue weighted by Gasteiger charge is 2.27. The Morgan fingerprint density at radius 2 is 1.85 bits per heavy atom. The highest BCUT2D eigenvalue weighted by Crippen LogP contribution is 2.24. The van der Waals surface area contributed by atoms with Gasteiger partial charge in [0.1, 0.15) is 0 Å². The molecule has 0 aromatic rings. The molecular weight excluding hydrogens is 172 g/mol. The van der Waals surface area contributed by atoms with Crippen LogP contribution in [0.2, 0.25) is 0 Å². The smallest absolute Gasteiger partial charge is 0.0637 e. The molecule has 0 heterocycles. The summed E-state index contributed by atoms with van der Waals surface area (Å²) in [6.45, 7) is 0. The molecule has 1 aliphatic carbocycles. The van der Waals surface area contributed by atoms with Gasteiger partial charge in [-0.05, 0) is 30.3 Å². The number of azide groups is 2. The molecule has 13 heavy (non-hydrogen) atoms. The summed E-state index contributed by atoms with van der Waals surface area (Å²) in [5.41, 5.74) is 16.4. The lowest BCUT2D eigenvalue weighted by Gasteiger charge is -2.27. The Morgan fingerprint density at radius 3 is 2.46 bits per heavy atom. The maximum Gasteiger partial charge on any atom is 0.0637 e. The van der Waals surface area contributed by atoms with Crippen LogP contribution < -0.4 is 0 Å². The van der Waals surface area contributed by atoms with Crippen LogP contribution in [0.1, 0.15) is 19.3 Å². The van der Waals surface area contributed by atoms with Gasteiger partial charge in [-0.15, -0.1) is 0 Å². The first kappa shape index (κ1) is 9.67. The van der Waals surface area contributed by atoms with Gasteiger partial charge in [-0.25, -0.2) is 0 Å². The first-order chi connectivity index (χ1) is 6.27. The van der Waals surface area contributed by atoms with E-state index in [2.05, 4.69) is 20.1 Å². The van der Waals surface area contributed by atoms with E-state index in [0.29, 0.717) is 19.3 Å². The van der Waals surface area contributed by atoms with Crippen LogP contribution in [-0.2, 0) is 0 Å². The Labute approximate surface area is 74.6 Å². The largest absolute Gasteiger partial charge is 0.393 e. The number of rotatable bonds is 2. The van der Waals surface area contributed by atoms with E-state index in [1.807, 2.05) is 0 Å². The van der Waals surface area contributed by atoms with Crippen molar-refractivity contribution in [2.24, 2.45) is 10.2 Å². The summed E-state index contributed by atoms with van der Waals surface area (Å²) < 4.78 is 0. The molecule has 1 saturated carbocycles. The van der Waals surface area contributed by atoms with Crippen LogP contribution >= 0.6 is 0 Å². The Balaban J connectivity index is 2.62. The number of hydrogen-bond donors (Lipinski definition) is 1. The Kier molecular flexibility index (Phi) is 3.40. The molecular formula is C6H10N6O. The third kappa shape index (κ3) is 2.52. The van der Waals surface area contributed by atoms with E-state index in [4.69, 9.17) is 11.1 Å². The van der Waals surface area contributed by atoms with Crippen LogP contribution in [0.3, 0.4) is 0 Å². The SMILES string of the molecule is [N-]=[N+]=N[C@H]1CC[C@H](O)[C@@H](N=[N+]=[N-])C1. The maximum absolute atomic E-state index is 9.39. The van der Waals surface area contributed by atoms with Crippen molar-refractivity contribution in [3.63, 3.8) is 0 Å². The number of nitrogens with zero attached hydrogens (tertiary/aromatic N) is 6. The van der Waals surface area contributed by atoms with Gasteiger partial charge >= 0.3 is 0 Å². The van der Waals surface area contributed by atoms with Crippen molar-refractivity contribution in [1.82, 2.24) is 0 Å². The van der Waals surface area contributed by atoms with Gasteiger partial charge in [-0.2, -0.15) is 0 Å². The minimum absolute atomic E-state index is 0.149. The second kappa shape index (κ2) is 4.57. The molecule has 0 radical (unpaired) electrons. The molecule has 3 atom stereocenters. The van der Waals surface area contributed by atoms with Crippen LogP contribution in [0.15, 0.2) is 10.2 Å². The molecule has 1 rings (SSSR count). The fraction of sp³-hybridized carbons (Fsp3) is 1.00. The summed E-state index contributed by atoms with van der Waals surface area (Å²) >= 11 is 0. The van der Waals surface area contributed by atoms with Crippen molar-refractivity contribution in [1.29, 1.82) is 0 Å². The number of hydrogen-bond acceptors (Lipinski definition) is 3. The molecule has 0 aromatic carbocycles. The molecule has 1 fully saturated rings. The highest BCUT2D eigenvalue weighted by atomic mass is 16.3. The summed E-state index contributed by atoms with van der Waals surface area (Å²) in [5, 5.41) is 16.4. The first-order valence-electron chi connectivity index (χ1n) is 4.04. The predicted octanol–water partition coefficient (Wildman–Crippen LogP) is 1.89. The van der Waals surface area contributed by atoms with Gasteiger partial charge < -0.3 is 5.11 Å². The summed E-state index contributed by atoms with van der Waals surface area (Å²) in [5.74, 6) is 0. The van der Waals surface area contributed by atoms with Crippen LogP contribution in [0.25, 0.3) is 20.9 Å². The van der Waals surface area contributed by atoms with E-state index in [1.165, 1.54) is 0 Å². The van der Waals surface area contributed by atoms with Crippen molar-refractivity contribution in [2.75, 3.05) is 0 Å². The lowest BCUT2D eigenvalue weighted by molar-refractivity contribution is 0.101. The topological polar surface area (TPSA) is 118 Å². The normalized spacial score (nSPS) is 32.8. The summed E-state index contributed by atoms with van der Waals surface area (Å²) in [4.78, 5) is 5.32. The Bertz CT molecular complexity index is 266. The van der Waals surface area contributed by atoms with Gasteiger partial charge in [-0.3, -0.25) is 0 Å². The lowest BCUT2D eigenvalue weighted by Crippen LogP contribution is -2.33. The van der Waals surface area contributed by atoms with Gasteiger partial charge in [0.25, 0.3) is 0 Å². The fourth-order valence-electron chi connectivity index (χ4n) is 1.48. The van der Waals surface area contributed by atoms with Gasteiger partial charge in [0.2, 0.25) is 0 Å². The molecule has 0 aromatic heterocycles. The van der Waals surface area contributed by atoms with Crippen LogP contribution in [0, 0.1) is 0 Å². The average molecular weight is 182 g/mol. The zero-order chi connectivity index (χ0) is 9.68. The van der Waals surface area contributed by atoms with Crippen molar-refractivity contribution in [3.05, 3.63) is 20.9 Å². The second-order valence-electron chi connectivity index (χ2n) is 3.01. The summed E-state index contributed by atoms with van der Waals surface area (Å²) in [7, 11) is 0. The number of aliphatic hydroxyl groups excluding tert-OH is 1.